The van der Waals surface area contributed by atoms with E-state index in [1.165, 1.54) is 13.8 Å². The van der Waals surface area contributed by atoms with Gasteiger partial charge in [0, 0.05) is 15.7 Å². The monoisotopic (exact) mass is 378 g/mol. The van der Waals surface area contributed by atoms with Crippen molar-refractivity contribution in [2.24, 2.45) is 0 Å². The Morgan fingerprint density at radius 1 is 1.04 bits per heavy atom. The number of thioether (sulfide) groups is 1. The van der Waals surface area contributed by atoms with Gasteiger partial charge < -0.3 is 5.11 Å². The molecule has 0 saturated carbocycles. The van der Waals surface area contributed by atoms with Crippen LogP contribution in [0.15, 0.2) is 17.0 Å². The summed E-state index contributed by atoms with van der Waals surface area (Å²) in [6.45, 7) is 4.00. The van der Waals surface area contributed by atoms with Gasteiger partial charge in [-0.2, -0.15) is 26.3 Å². The lowest BCUT2D eigenvalue weighted by Crippen LogP contribution is -2.50. The Balaban J connectivity index is 3.85. The van der Waals surface area contributed by atoms with Gasteiger partial charge in [-0.15, -0.1) is 11.8 Å². The molecule has 0 aliphatic heterocycles. The van der Waals surface area contributed by atoms with Gasteiger partial charge in [0.1, 0.15) is 0 Å². The second-order valence-corrected chi connectivity index (χ2v) is 6.83. The number of carbonyl (C=O) groups is 1. The second-order valence-electron chi connectivity index (χ2n) is 5.24. The molecule has 0 bridgehead atoms. The molecular formula is C14H13F7O2S. The number of halogens is 7. The van der Waals surface area contributed by atoms with Crippen molar-refractivity contribution in [3.05, 3.63) is 28.8 Å². The van der Waals surface area contributed by atoms with Crippen molar-refractivity contribution in [2.45, 2.75) is 48.9 Å². The van der Waals surface area contributed by atoms with E-state index in [1.807, 2.05) is 0 Å². The first kappa shape index (κ1) is 20.6. The van der Waals surface area contributed by atoms with Gasteiger partial charge in [-0.1, -0.05) is 19.9 Å². The van der Waals surface area contributed by atoms with Crippen LogP contribution >= 0.6 is 11.8 Å². The predicted octanol–water partition coefficient (Wildman–Crippen LogP) is 5.48. The first-order chi connectivity index (χ1) is 10.6. The fraction of sp³-hybridized carbons (Fsp3) is 0.500. The lowest BCUT2D eigenvalue weighted by molar-refractivity contribution is -0.349. The quantitative estimate of drug-likeness (QED) is 0.557. The molecule has 0 aromatic heterocycles. The van der Waals surface area contributed by atoms with Crippen molar-refractivity contribution in [1.82, 2.24) is 0 Å². The minimum absolute atomic E-state index is 0.238. The highest BCUT2D eigenvalue weighted by atomic mass is 32.2. The lowest BCUT2D eigenvalue weighted by atomic mass is 9.91. The van der Waals surface area contributed by atoms with Crippen LogP contribution in [-0.2, 0) is 5.67 Å². The van der Waals surface area contributed by atoms with E-state index in [-0.39, 0.29) is 11.6 Å². The Bertz CT molecular complexity index is 621. The van der Waals surface area contributed by atoms with E-state index < -0.39 is 45.3 Å². The van der Waals surface area contributed by atoms with Crippen LogP contribution in [0.25, 0.3) is 0 Å². The summed E-state index contributed by atoms with van der Waals surface area (Å²) in [5.41, 5.74) is -8.09. The summed E-state index contributed by atoms with van der Waals surface area (Å²) >= 11 is 0.539. The van der Waals surface area contributed by atoms with Gasteiger partial charge >= 0.3 is 24.0 Å². The first-order valence-electron chi connectivity index (χ1n) is 6.51. The maximum Gasteiger partial charge on any atom is 0.435 e. The highest BCUT2D eigenvalue weighted by Crippen LogP contribution is 2.56. The maximum atomic E-state index is 14.4. The lowest BCUT2D eigenvalue weighted by Gasteiger charge is -2.32. The van der Waals surface area contributed by atoms with Crippen molar-refractivity contribution in [3.63, 3.8) is 0 Å². The van der Waals surface area contributed by atoms with Crippen LogP contribution in [0, 0.1) is 6.92 Å². The number of benzene rings is 1. The molecule has 0 spiro atoms. The Labute approximate surface area is 137 Å². The standard InChI is InChI=1S/C14H13F7O2S/c1-6(2)24-10-7(3)8(11(22)23)4-5-9(10)12(15,13(16,17)18)14(19,20)21/h4-6H,1-3H3,(H,22,23). The summed E-state index contributed by atoms with van der Waals surface area (Å²) in [6.07, 6.45) is -12.5. The van der Waals surface area contributed by atoms with E-state index in [2.05, 4.69) is 0 Å². The molecule has 0 aliphatic rings. The summed E-state index contributed by atoms with van der Waals surface area (Å²) in [4.78, 5) is 10.4. The zero-order chi connectivity index (χ0) is 19.1. The van der Waals surface area contributed by atoms with Gasteiger partial charge in [-0.25, -0.2) is 9.18 Å². The molecule has 136 valence electrons. The topological polar surface area (TPSA) is 37.3 Å². The number of hydrogen-bond donors (Lipinski definition) is 1. The van der Waals surface area contributed by atoms with Crippen LogP contribution in [0.4, 0.5) is 30.7 Å². The van der Waals surface area contributed by atoms with Gasteiger partial charge in [0.25, 0.3) is 0 Å². The Morgan fingerprint density at radius 2 is 1.50 bits per heavy atom. The van der Waals surface area contributed by atoms with E-state index in [9.17, 15) is 35.5 Å². The average Bonchev–Trinajstić information content (AvgIpc) is 2.36. The number of aromatic carboxylic acids is 1. The maximum absolute atomic E-state index is 14.4. The molecule has 0 amide bonds. The van der Waals surface area contributed by atoms with Gasteiger partial charge in [0.15, 0.2) is 0 Å². The first-order valence-corrected chi connectivity index (χ1v) is 7.39. The molecule has 0 unspecified atom stereocenters. The highest BCUT2D eigenvalue weighted by molar-refractivity contribution is 8.00. The van der Waals surface area contributed by atoms with E-state index in [4.69, 9.17) is 5.11 Å². The van der Waals surface area contributed by atoms with Crippen LogP contribution in [0.2, 0.25) is 0 Å². The third-order valence-corrected chi connectivity index (χ3v) is 4.38. The number of alkyl halides is 7. The Kier molecular flexibility index (Phi) is 5.54. The minimum atomic E-state index is -6.26. The molecular weight excluding hydrogens is 365 g/mol. The Morgan fingerprint density at radius 3 is 1.83 bits per heavy atom. The van der Waals surface area contributed by atoms with Crippen LogP contribution in [-0.4, -0.2) is 28.7 Å². The van der Waals surface area contributed by atoms with Gasteiger partial charge in [-0.05, 0) is 18.6 Å². The van der Waals surface area contributed by atoms with E-state index >= 15 is 0 Å². The number of carboxylic acid groups (broad SMARTS) is 1. The van der Waals surface area contributed by atoms with Gasteiger partial charge in [-0.3, -0.25) is 0 Å². The van der Waals surface area contributed by atoms with Crippen molar-refractivity contribution >= 4 is 17.7 Å². The third kappa shape index (κ3) is 3.47. The van der Waals surface area contributed by atoms with Crippen molar-refractivity contribution < 1.29 is 40.6 Å². The molecule has 10 heteroatoms. The fourth-order valence-electron chi connectivity index (χ4n) is 2.05. The summed E-state index contributed by atoms with van der Waals surface area (Å²) in [5.74, 6) is -1.53. The van der Waals surface area contributed by atoms with Crippen LogP contribution in [0.3, 0.4) is 0 Å². The molecule has 1 aromatic carbocycles. The third-order valence-electron chi connectivity index (χ3n) is 3.14. The van der Waals surface area contributed by atoms with Crippen LogP contribution < -0.4 is 0 Å². The van der Waals surface area contributed by atoms with E-state index in [0.29, 0.717) is 17.8 Å². The molecule has 0 saturated heterocycles. The zero-order valence-electron chi connectivity index (χ0n) is 12.6. The molecule has 1 N–H and O–H groups in total. The van der Waals surface area contributed by atoms with Crippen molar-refractivity contribution in [3.8, 4) is 0 Å². The molecule has 1 rings (SSSR count). The number of hydrogen-bond acceptors (Lipinski definition) is 2. The summed E-state index contributed by atoms with van der Waals surface area (Å²) in [7, 11) is 0. The van der Waals surface area contributed by atoms with Crippen LogP contribution in [0.1, 0.15) is 35.3 Å². The normalized spacial score (nSPS) is 13.5. The smallest absolute Gasteiger partial charge is 0.435 e. The SMILES string of the molecule is Cc1c(C(=O)O)ccc(C(F)(C(F)(F)F)C(F)(F)F)c1SC(C)C. The summed E-state index contributed by atoms with van der Waals surface area (Å²) in [6, 6.07) is 0.783. The van der Waals surface area contributed by atoms with Crippen molar-refractivity contribution in [2.75, 3.05) is 0 Å². The van der Waals surface area contributed by atoms with Crippen LogP contribution in [0.5, 0.6) is 0 Å². The van der Waals surface area contributed by atoms with E-state index in [0.717, 1.165) is 6.92 Å². The molecule has 1 aromatic rings. The number of rotatable bonds is 4. The predicted molar refractivity (Wildman–Crippen MR) is 74.0 cm³/mol. The fourth-order valence-corrected chi connectivity index (χ4v) is 3.14. The van der Waals surface area contributed by atoms with Crippen molar-refractivity contribution in [1.29, 1.82) is 0 Å². The Hall–Kier alpha value is -1.45. The van der Waals surface area contributed by atoms with Gasteiger partial charge in [0.2, 0.25) is 0 Å². The summed E-state index contributed by atoms with van der Waals surface area (Å²) < 4.78 is 92.2. The minimum Gasteiger partial charge on any atom is -0.478 e. The second kappa shape index (κ2) is 6.45. The molecule has 0 atom stereocenters. The van der Waals surface area contributed by atoms with Gasteiger partial charge in [0.05, 0.1) is 5.56 Å². The zero-order valence-corrected chi connectivity index (χ0v) is 13.5. The summed E-state index contributed by atoms with van der Waals surface area (Å²) in [5, 5.41) is 8.49. The highest BCUT2D eigenvalue weighted by Gasteiger charge is 2.74. The average molecular weight is 378 g/mol. The number of carboxylic acids is 1. The van der Waals surface area contributed by atoms with E-state index in [1.54, 1.807) is 0 Å². The molecule has 24 heavy (non-hydrogen) atoms. The largest absolute Gasteiger partial charge is 0.478 e. The molecule has 0 fully saturated rings. The molecule has 2 nitrogen and oxygen atoms in total. The molecule has 0 aliphatic carbocycles. The molecule has 0 radical (unpaired) electrons. The molecule has 0 heterocycles.